The molecule has 2 heterocycles. The zero-order valence-corrected chi connectivity index (χ0v) is 14.6. The standard InChI is InChI=1S/C16H13N3O4S2/c1-10(20)11-2-4-12(5-3-11)19-25(22,23)16-9-7-14(24-16)13-6-8-15(21)18-17-13/h2-9,19H,1H3,(H,18,21). The molecule has 0 amide bonds. The number of Topliss-reactive ketones (excluding diaryl/α,β-unsaturated/α-hetero) is 1. The molecule has 0 unspecified atom stereocenters. The van der Waals surface area contributed by atoms with Gasteiger partial charge in [-0.15, -0.1) is 11.3 Å². The van der Waals surface area contributed by atoms with Gasteiger partial charge in [0.2, 0.25) is 0 Å². The number of rotatable bonds is 5. The molecule has 0 aliphatic carbocycles. The van der Waals surface area contributed by atoms with Crippen LogP contribution in [0.2, 0.25) is 0 Å². The van der Waals surface area contributed by atoms with Gasteiger partial charge in [0.1, 0.15) is 9.90 Å². The molecule has 0 saturated heterocycles. The highest BCUT2D eigenvalue weighted by atomic mass is 32.2. The first-order valence-electron chi connectivity index (χ1n) is 7.15. The van der Waals surface area contributed by atoms with Gasteiger partial charge in [-0.25, -0.2) is 13.5 Å². The minimum absolute atomic E-state index is 0.0919. The Kier molecular flexibility index (Phi) is 4.51. The van der Waals surface area contributed by atoms with Crippen LogP contribution >= 0.6 is 11.3 Å². The molecule has 3 aromatic rings. The number of nitrogens with one attached hydrogen (secondary N) is 2. The van der Waals surface area contributed by atoms with E-state index in [2.05, 4.69) is 14.9 Å². The van der Waals surface area contributed by atoms with Crippen molar-refractivity contribution in [2.24, 2.45) is 0 Å². The smallest absolute Gasteiger partial charge is 0.271 e. The lowest BCUT2D eigenvalue weighted by atomic mass is 10.1. The predicted molar refractivity (Wildman–Crippen MR) is 95.4 cm³/mol. The van der Waals surface area contributed by atoms with Crippen molar-refractivity contribution in [1.82, 2.24) is 10.2 Å². The lowest BCUT2D eigenvalue weighted by Crippen LogP contribution is -2.11. The second-order valence-electron chi connectivity index (χ2n) is 5.16. The van der Waals surface area contributed by atoms with Crippen LogP contribution in [0.15, 0.2) is 57.5 Å². The van der Waals surface area contributed by atoms with Crippen molar-refractivity contribution >= 4 is 32.8 Å². The second kappa shape index (κ2) is 6.61. The van der Waals surface area contributed by atoms with E-state index < -0.39 is 10.0 Å². The molecule has 0 aliphatic heterocycles. The molecule has 25 heavy (non-hydrogen) atoms. The van der Waals surface area contributed by atoms with Crippen LogP contribution in [0.3, 0.4) is 0 Å². The number of anilines is 1. The number of aromatic amines is 1. The lowest BCUT2D eigenvalue weighted by molar-refractivity contribution is 0.101. The number of benzene rings is 1. The van der Waals surface area contributed by atoms with E-state index in [1.165, 1.54) is 37.3 Å². The highest BCUT2D eigenvalue weighted by Crippen LogP contribution is 2.30. The number of ketones is 1. The van der Waals surface area contributed by atoms with Crippen LogP contribution in [0.25, 0.3) is 10.6 Å². The van der Waals surface area contributed by atoms with Gasteiger partial charge in [0.05, 0.1) is 4.88 Å². The van der Waals surface area contributed by atoms with Crippen LogP contribution in [0.5, 0.6) is 0 Å². The molecule has 2 N–H and O–H groups in total. The molecule has 3 rings (SSSR count). The van der Waals surface area contributed by atoms with Crippen molar-refractivity contribution in [2.75, 3.05) is 4.72 Å². The zero-order chi connectivity index (χ0) is 18.0. The number of thiophene rings is 1. The molecular formula is C16H13N3O4S2. The maximum absolute atomic E-state index is 12.5. The summed E-state index contributed by atoms with van der Waals surface area (Å²) in [6.07, 6.45) is 0. The Bertz CT molecular complexity index is 1060. The van der Waals surface area contributed by atoms with E-state index in [9.17, 15) is 18.0 Å². The Balaban J connectivity index is 1.84. The molecule has 0 fully saturated rings. The Hall–Kier alpha value is -2.78. The van der Waals surface area contributed by atoms with Crippen LogP contribution in [0.4, 0.5) is 5.69 Å². The largest absolute Gasteiger partial charge is 0.295 e. The fraction of sp³-hybridized carbons (Fsp3) is 0.0625. The van der Waals surface area contributed by atoms with Gasteiger partial charge in [-0.05, 0) is 49.4 Å². The fourth-order valence-electron chi connectivity index (χ4n) is 2.06. The molecule has 1 aromatic carbocycles. The van der Waals surface area contributed by atoms with Crippen LogP contribution in [-0.2, 0) is 10.0 Å². The summed E-state index contributed by atoms with van der Waals surface area (Å²) >= 11 is 1.04. The van der Waals surface area contributed by atoms with E-state index in [1.807, 2.05) is 0 Å². The predicted octanol–water partition coefficient (Wildman–Crippen LogP) is 2.50. The molecule has 0 spiro atoms. The molecule has 0 atom stereocenters. The first-order chi connectivity index (χ1) is 11.8. The molecule has 0 saturated carbocycles. The summed E-state index contributed by atoms with van der Waals surface area (Å²) < 4.78 is 27.5. The normalized spacial score (nSPS) is 11.2. The van der Waals surface area contributed by atoms with Crippen LogP contribution in [0.1, 0.15) is 17.3 Å². The van der Waals surface area contributed by atoms with Gasteiger partial charge >= 0.3 is 0 Å². The number of hydrogen-bond donors (Lipinski definition) is 2. The Morgan fingerprint density at radius 3 is 2.40 bits per heavy atom. The second-order valence-corrected chi connectivity index (χ2v) is 8.16. The third kappa shape index (κ3) is 3.83. The topological polar surface area (TPSA) is 109 Å². The van der Waals surface area contributed by atoms with Gasteiger partial charge in [0.15, 0.2) is 5.78 Å². The molecule has 7 nitrogen and oxygen atoms in total. The number of nitrogens with zero attached hydrogens (tertiary/aromatic N) is 1. The van der Waals surface area contributed by atoms with E-state index in [4.69, 9.17) is 0 Å². The molecular weight excluding hydrogens is 362 g/mol. The quantitative estimate of drug-likeness (QED) is 0.666. The summed E-state index contributed by atoms with van der Waals surface area (Å²) in [5, 5.41) is 6.19. The van der Waals surface area contributed by atoms with Crippen molar-refractivity contribution in [2.45, 2.75) is 11.1 Å². The van der Waals surface area contributed by atoms with Crippen LogP contribution in [-0.4, -0.2) is 24.4 Å². The van der Waals surface area contributed by atoms with Gasteiger partial charge < -0.3 is 0 Å². The maximum Gasteiger partial charge on any atom is 0.271 e. The Labute approximate surface area is 147 Å². The van der Waals surface area contributed by atoms with Crippen molar-refractivity contribution in [3.8, 4) is 10.6 Å². The van der Waals surface area contributed by atoms with Crippen molar-refractivity contribution in [1.29, 1.82) is 0 Å². The lowest BCUT2D eigenvalue weighted by Gasteiger charge is -2.06. The minimum atomic E-state index is -3.76. The third-order valence-corrected chi connectivity index (χ3v) is 6.30. The monoisotopic (exact) mass is 375 g/mol. The number of carbonyl (C=O) groups is 1. The van der Waals surface area contributed by atoms with Crippen molar-refractivity contribution in [3.05, 3.63) is 64.4 Å². The molecule has 128 valence electrons. The van der Waals surface area contributed by atoms with Crippen molar-refractivity contribution in [3.63, 3.8) is 0 Å². The highest BCUT2D eigenvalue weighted by molar-refractivity contribution is 7.94. The number of sulfonamides is 1. The minimum Gasteiger partial charge on any atom is -0.295 e. The van der Waals surface area contributed by atoms with E-state index in [1.54, 1.807) is 18.2 Å². The summed E-state index contributed by atoms with van der Waals surface area (Å²) in [5.41, 5.74) is 1.02. The van der Waals surface area contributed by atoms with Crippen molar-refractivity contribution < 1.29 is 13.2 Å². The van der Waals surface area contributed by atoms with Gasteiger partial charge in [0, 0.05) is 17.3 Å². The van der Waals surface area contributed by atoms with E-state index in [0.717, 1.165) is 11.3 Å². The average molecular weight is 375 g/mol. The molecule has 0 bridgehead atoms. The molecule has 0 aliphatic rings. The van der Waals surface area contributed by atoms with Crippen LogP contribution in [0, 0.1) is 0 Å². The molecule has 0 radical (unpaired) electrons. The number of hydrogen-bond acceptors (Lipinski definition) is 6. The number of carbonyl (C=O) groups excluding carboxylic acids is 1. The average Bonchev–Trinajstić information content (AvgIpc) is 3.06. The Morgan fingerprint density at radius 2 is 1.80 bits per heavy atom. The fourth-order valence-corrected chi connectivity index (χ4v) is 4.40. The van der Waals surface area contributed by atoms with Gasteiger partial charge in [0.25, 0.3) is 15.6 Å². The first-order valence-corrected chi connectivity index (χ1v) is 9.45. The molecule has 2 aromatic heterocycles. The summed E-state index contributed by atoms with van der Waals surface area (Å²) in [7, 11) is -3.76. The maximum atomic E-state index is 12.5. The van der Waals surface area contributed by atoms with Gasteiger partial charge in [-0.1, -0.05) is 0 Å². The van der Waals surface area contributed by atoms with E-state index in [0.29, 0.717) is 21.8 Å². The summed E-state index contributed by atoms with van der Waals surface area (Å²) in [4.78, 5) is 22.9. The van der Waals surface area contributed by atoms with E-state index >= 15 is 0 Å². The number of aromatic nitrogens is 2. The SMILES string of the molecule is CC(=O)c1ccc(NS(=O)(=O)c2ccc(-c3ccc(=O)[nH]n3)s2)cc1. The highest BCUT2D eigenvalue weighted by Gasteiger charge is 2.18. The number of H-pyrrole nitrogens is 1. The summed E-state index contributed by atoms with van der Waals surface area (Å²) in [6.45, 7) is 1.44. The van der Waals surface area contributed by atoms with Gasteiger partial charge in [-0.3, -0.25) is 14.3 Å². The third-order valence-electron chi connectivity index (χ3n) is 3.32. The summed E-state index contributed by atoms with van der Waals surface area (Å²) in [6, 6.07) is 12.1. The van der Waals surface area contributed by atoms with Crippen LogP contribution < -0.4 is 10.3 Å². The zero-order valence-electron chi connectivity index (χ0n) is 13.0. The first kappa shape index (κ1) is 17.1. The van der Waals surface area contributed by atoms with Gasteiger partial charge in [-0.2, -0.15) is 5.10 Å². The van der Waals surface area contributed by atoms with E-state index in [-0.39, 0.29) is 15.6 Å². The molecule has 9 heteroatoms. The Morgan fingerprint density at radius 1 is 1.08 bits per heavy atom. The summed E-state index contributed by atoms with van der Waals surface area (Å²) in [5.74, 6) is -0.0919.